The number of hydrogen-bond donors (Lipinski definition) is 1. The molecule has 0 aromatic carbocycles. The minimum Gasteiger partial charge on any atom is -0.378 e. The highest BCUT2D eigenvalue weighted by Crippen LogP contribution is 2.33. The Kier molecular flexibility index (Phi) is 6.44. The van der Waals surface area contributed by atoms with Crippen molar-refractivity contribution in [3.8, 4) is 0 Å². The van der Waals surface area contributed by atoms with E-state index in [1.54, 1.807) is 11.3 Å². The predicted octanol–water partition coefficient (Wildman–Crippen LogP) is 2.18. The molecule has 7 nitrogen and oxygen atoms in total. The summed E-state index contributed by atoms with van der Waals surface area (Å²) >= 11 is 3.03. The monoisotopic (exact) mass is 381 g/mol. The third-order valence-electron chi connectivity index (χ3n) is 3.81. The van der Waals surface area contributed by atoms with Crippen LogP contribution in [-0.4, -0.2) is 59.5 Å². The maximum Gasteiger partial charge on any atom is 0.230 e. The molecule has 0 radical (unpaired) electrons. The Morgan fingerprint density at radius 3 is 2.96 bits per heavy atom. The van der Waals surface area contributed by atoms with E-state index in [1.165, 1.54) is 18.1 Å². The second-order valence-corrected chi connectivity index (χ2v) is 8.19. The Bertz CT molecular complexity index is 716. The van der Waals surface area contributed by atoms with Crippen LogP contribution in [0.3, 0.4) is 0 Å². The van der Waals surface area contributed by atoms with Crippen LogP contribution >= 0.6 is 23.1 Å². The molecule has 136 valence electrons. The lowest BCUT2D eigenvalue weighted by molar-refractivity contribution is -0.118. The molecular weight excluding hydrogens is 358 g/mol. The molecule has 1 saturated heterocycles. The summed E-state index contributed by atoms with van der Waals surface area (Å²) in [5.74, 6) is 0.982. The van der Waals surface area contributed by atoms with Gasteiger partial charge in [-0.3, -0.25) is 4.79 Å². The molecule has 3 rings (SSSR count). The highest BCUT2D eigenvalue weighted by atomic mass is 32.2. The molecule has 0 atom stereocenters. The summed E-state index contributed by atoms with van der Waals surface area (Å²) in [7, 11) is 0. The van der Waals surface area contributed by atoms with E-state index < -0.39 is 0 Å². The zero-order valence-electron chi connectivity index (χ0n) is 14.5. The van der Waals surface area contributed by atoms with Gasteiger partial charge in [-0.2, -0.15) is 4.98 Å². The maximum absolute atomic E-state index is 12.0. The number of thiazole rings is 1. The molecule has 0 saturated carbocycles. The molecule has 3 heterocycles. The van der Waals surface area contributed by atoms with Crippen molar-refractivity contribution in [1.29, 1.82) is 0 Å². The topological polar surface area (TPSA) is 80.2 Å². The Labute approximate surface area is 155 Å². The second-order valence-electron chi connectivity index (χ2n) is 6.25. The molecule has 0 bridgehead atoms. The zero-order chi connectivity index (χ0) is 17.6. The van der Waals surface area contributed by atoms with Gasteiger partial charge in [0.25, 0.3) is 0 Å². The van der Waals surface area contributed by atoms with E-state index in [2.05, 4.69) is 39.0 Å². The number of nitrogens with one attached hydrogen (secondary N) is 1. The van der Waals surface area contributed by atoms with Gasteiger partial charge in [0.2, 0.25) is 5.91 Å². The van der Waals surface area contributed by atoms with Gasteiger partial charge in [-0.25, -0.2) is 9.97 Å². The lowest BCUT2D eigenvalue weighted by Crippen LogP contribution is -2.36. The molecule has 1 aliphatic rings. The molecular formula is C16H23N5O2S2. The summed E-state index contributed by atoms with van der Waals surface area (Å²) in [4.78, 5) is 27.4. The van der Waals surface area contributed by atoms with Crippen molar-refractivity contribution < 1.29 is 9.53 Å². The molecule has 0 spiro atoms. The zero-order valence-corrected chi connectivity index (χ0v) is 16.2. The van der Waals surface area contributed by atoms with Crippen LogP contribution in [0.25, 0.3) is 10.3 Å². The van der Waals surface area contributed by atoms with Crippen LogP contribution in [0.4, 0.5) is 5.13 Å². The lowest BCUT2D eigenvalue weighted by Gasteiger charge is -2.25. The molecule has 0 unspecified atom stereocenters. The predicted molar refractivity (Wildman–Crippen MR) is 101 cm³/mol. The molecule has 0 aliphatic carbocycles. The summed E-state index contributed by atoms with van der Waals surface area (Å²) in [6.07, 6.45) is 2.51. The molecule has 9 heteroatoms. The van der Waals surface area contributed by atoms with Crippen LogP contribution in [0.15, 0.2) is 11.4 Å². The first-order valence-electron chi connectivity index (χ1n) is 8.47. The van der Waals surface area contributed by atoms with Gasteiger partial charge in [0, 0.05) is 19.6 Å². The van der Waals surface area contributed by atoms with Gasteiger partial charge in [-0.05, 0) is 12.3 Å². The van der Waals surface area contributed by atoms with E-state index in [4.69, 9.17) is 4.74 Å². The fraction of sp³-hybridized carbons (Fsp3) is 0.625. The second kappa shape index (κ2) is 8.77. The Hall–Kier alpha value is -1.45. The molecule has 25 heavy (non-hydrogen) atoms. The quantitative estimate of drug-likeness (QED) is 0.581. The van der Waals surface area contributed by atoms with Gasteiger partial charge < -0.3 is 15.0 Å². The minimum absolute atomic E-state index is 0.0373. The number of hydrogen-bond acceptors (Lipinski definition) is 8. The summed E-state index contributed by atoms with van der Waals surface area (Å²) in [5.41, 5.74) is 0.698. The summed E-state index contributed by atoms with van der Waals surface area (Å²) in [6, 6.07) is 0. The van der Waals surface area contributed by atoms with Gasteiger partial charge in [0.05, 0.1) is 19.0 Å². The third-order valence-corrected chi connectivity index (χ3v) is 6.04. The normalized spacial score (nSPS) is 15.1. The molecule has 2 aromatic rings. The number of rotatable bonds is 7. The first-order chi connectivity index (χ1) is 12.1. The van der Waals surface area contributed by atoms with Gasteiger partial charge in [-0.1, -0.05) is 36.9 Å². The van der Waals surface area contributed by atoms with Gasteiger partial charge in [0.1, 0.15) is 16.1 Å². The lowest BCUT2D eigenvalue weighted by atomic mass is 10.1. The Morgan fingerprint density at radius 2 is 2.20 bits per heavy atom. The average molecular weight is 382 g/mol. The molecule has 1 amide bonds. The highest BCUT2D eigenvalue weighted by Gasteiger charge is 2.18. The summed E-state index contributed by atoms with van der Waals surface area (Å²) < 4.78 is 6.34. The molecule has 2 aromatic heterocycles. The third kappa shape index (κ3) is 5.02. The number of aromatic nitrogens is 3. The van der Waals surface area contributed by atoms with Crippen LogP contribution in [-0.2, 0) is 9.53 Å². The van der Waals surface area contributed by atoms with Gasteiger partial charge in [0.15, 0.2) is 10.8 Å². The van der Waals surface area contributed by atoms with E-state index in [1.807, 2.05) is 0 Å². The molecule has 1 fully saturated rings. The standard InChI is InChI=1S/C16H23N5O2S2/c1-11(2)3-4-17-12(22)9-24-15-13-14(18-10-19-15)20-16(25-13)21-5-7-23-8-6-21/h10-11H,3-9H2,1-2H3,(H,17,22). The smallest absolute Gasteiger partial charge is 0.230 e. The summed E-state index contributed by atoms with van der Waals surface area (Å²) in [6.45, 7) is 8.14. The molecule has 1 N–H and O–H groups in total. The van der Waals surface area contributed by atoms with E-state index in [-0.39, 0.29) is 5.91 Å². The minimum atomic E-state index is 0.0373. The van der Waals surface area contributed by atoms with Crippen molar-refractivity contribution >= 4 is 44.5 Å². The Morgan fingerprint density at radius 1 is 1.40 bits per heavy atom. The van der Waals surface area contributed by atoms with E-state index >= 15 is 0 Å². The van der Waals surface area contributed by atoms with Crippen LogP contribution in [0.1, 0.15) is 20.3 Å². The number of fused-ring (bicyclic) bond motifs is 1. The number of nitrogens with zero attached hydrogens (tertiary/aromatic N) is 4. The fourth-order valence-corrected chi connectivity index (χ4v) is 4.37. The van der Waals surface area contributed by atoms with Crippen molar-refractivity contribution in [1.82, 2.24) is 20.3 Å². The van der Waals surface area contributed by atoms with Gasteiger partial charge >= 0.3 is 0 Å². The molecule has 1 aliphatic heterocycles. The SMILES string of the molecule is CC(C)CCNC(=O)CSc1ncnc2nc(N3CCOCC3)sc12. The van der Waals surface area contributed by atoms with Crippen molar-refractivity contribution in [3.05, 3.63) is 6.33 Å². The van der Waals surface area contributed by atoms with Crippen LogP contribution < -0.4 is 10.2 Å². The van der Waals surface area contributed by atoms with Crippen molar-refractivity contribution in [3.63, 3.8) is 0 Å². The Balaban J connectivity index is 1.63. The van der Waals surface area contributed by atoms with E-state index in [9.17, 15) is 4.79 Å². The average Bonchev–Trinajstić information content (AvgIpc) is 3.05. The van der Waals surface area contributed by atoms with E-state index in [0.29, 0.717) is 17.3 Å². The van der Waals surface area contributed by atoms with Crippen molar-refractivity contribution in [2.45, 2.75) is 25.3 Å². The number of carbonyl (C=O) groups excluding carboxylic acids is 1. The number of carbonyl (C=O) groups is 1. The number of morpholine rings is 1. The number of anilines is 1. The van der Waals surface area contributed by atoms with Crippen LogP contribution in [0, 0.1) is 5.92 Å². The van der Waals surface area contributed by atoms with Gasteiger partial charge in [-0.15, -0.1) is 0 Å². The largest absolute Gasteiger partial charge is 0.378 e. The number of ether oxygens (including phenoxy) is 1. The van der Waals surface area contributed by atoms with Crippen LogP contribution in [0.5, 0.6) is 0 Å². The highest BCUT2D eigenvalue weighted by molar-refractivity contribution is 8.00. The first kappa shape index (κ1) is 18.3. The van der Waals surface area contributed by atoms with Crippen LogP contribution in [0.2, 0.25) is 0 Å². The van der Waals surface area contributed by atoms with E-state index in [0.717, 1.165) is 54.1 Å². The maximum atomic E-state index is 12.0. The first-order valence-corrected chi connectivity index (χ1v) is 10.3. The van der Waals surface area contributed by atoms with Crippen molar-refractivity contribution in [2.24, 2.45) is 5.92 Å². The number of amides is 1. The fourth-order valence-electron chi connectivity index (χ4n) is 2.40. The van der Waals surface area contributed by atoms with Crippen molar-refractivity contribution in [2.75, 3.05) is 43.5 Å². The summed E-state index contributed by atoms with van der Waals surface area (Å²) in [5, 5.41) is 4.72. The number of thioether (sulfide) groups is 1.